The maximum Gasteiger partial charge on any atom is 0.407 e. The summed E-state index contributed by atoms with van der Waals surface area (Å²) in [5.41, 5.74) is 1.26. The van der Waals surface area contributed by atoms with Crippen molar-refractivity contribution in [2.75, 3.05) is 24.6 Å². The largest absolute Gasteiger partial charge is 0.450 e. The zero-order valence-electron chi connectivity index (χ0n) is 11.6. The molecule has 0 spiro atoms. The second kappa shape index (κ2) is 6.80. The number of carbonyl (C=O) groups is 1. The molecule has 1 aliphatic heterocycles. The Hall–Kier alpha value is -1.23. The van der Waals surface area contributed by atoms with Gasteiger partial charge in [0.1, 0.15) is 0 Å². The average molecular weight is 282 g/mol. The van der Waals surface area contributed by atoms with Gasteiger partial charge in [-0.15, -0.1) is 0 Å². The minimum atomic E-state index is -0.297. The van der Waals surface area contributed by atoms with Gasteiger partial charge >= 0.3 is 6.09 Å². The predicted molar refractivity (Wildman–Crippen MR) is 78.9 cm³/mol. The number of carbonyl (C=O) groups excluding carboxylic acids is 1. The minimum Gasteiger partial charge on any atom is -0.450 e. The van der Waals surface area contributed by atoms with E-state index in [0.29, 0.717) is 12.5 Å². The Morgan fingerprint density at radius 1 is 1.53 bits per heavy atom. The molecule has 0 radical (unpaired) electrons. The van der Waals surface area contributed by atoms with E-state index in [9.17, 15) is 4.79 Å². The molecule has 2 unspecified atom stereocenters. The third-order valence-electron chi connectivity index (χ3n) is 3.58. The number of hydrogen-bond acceptors (Lipinski definition) is 4. The summed E-state index contributed by atoms with van der Waals surface area (Å²) in [5.74, 6) is 0.626. The lowest BCUT2D eigenvalue weighted by atomic mass is 9.92. The first-order valence-electron chi connectivity index (χ1n) is 6.93. The monoisotopic (exact) mass is 282 g/mol. The first-order valence-corrected chi connectivity index (χ1v) is 7.87. The summed E-state index contributed by atoms with van der Waals surface area (Å²) in [4.78, 5) is 13.9. The molecule has 2 atom stereocenters. The lowest BCUT2D eigenvalue weighted by Crippen LogP contribution is -2.51. The van der Waals surface area contributed by atoms with Crippen LogP contribution in [-0.4, -0.2) is 31.8 Å². The van der Waals surface area contributed by atoms with Gasteiger partial charge in [0.25, 0.3) is 0 Å². The molecule has 1 aliphatic rings. The fraction of sp³-hybridized carbons (Fsp3) is 0.643. The number of rotatable bonds is 4. The van der Waals surface area contributed by atoms with Gasteiger partial charge < -0.3 is 15.0 Å². The maximum atomic E-state index is 11.5. The zero-order valence-corrected chi connectivity index (χ0v) is 12.4. The van der Waals surface area contributed by atoms with Crippen molar-refractivity contribution in [2.24, 2.45) is 5.92 Å². The Labute approximate surface area is 118 Å². The van der Waals surface area contributed by atoms with Crippen molar-refractivity contribution < 1.29 is 9.53 Å². The summed E-state index contributed by atoms with van der Waals surface area (Å²) in [6, 6.07) is 2.32. The molecule has 0 saturated carbocycles. The second-order valence-corrected chi connectivity index (χ2v) is 5.74. The molecule has 1 N–H and O–H groups in total. The van der Waals surface area contributed by atoms with E-state index in [1.807, 2.05) is 6.92 Å². The molecular formula is C14H22N2O2S. The van der Waals surface area contributed by atoms with Gasteiger partial charge in [0.2, 0.25) is 0 Å². The lowest BCUT2D eigenvalue weighted by Gasteiger charge is -2.38. The Morgan fingerprint density at radius 3 is 3.00 bits per heavy atom. The van der Waals surface area contributed by atoms with Gasteiger partial charge in [-0.05, 0) is 30.7 Å². The number of ether oxygens (including phenoxy) is 1. The molecule has 1 amide bonds. The first kappa shape index (κ1) is 14.2. The third-order valence-corrected chi connectivity index (χ3v) is 4.25. The van der Waals surface area contributed by atoms with E-state index < -0.39 is 0 Å². The van der Waals surface area contributed by atoms with E-state index in [4.69, 9.17) is 4.74 Å². The van der Waals surface area contributed by atoms with E-state index in [1.165, 1.54) is 5.69 Å². The van der Waals surface area contributed by atoms with E-state index in [0.717, 1.165) is 25.9 Å². The van der Waals surface area contributed by atoms with Crippen molar-refractivity contribution in [1.82, 2.24) is 5.32 Å². The summed E-state index contributed by atoms with van der Waals surface area (Å²) < 4.78 is 4.97. The Morgan fingerprint density at radius 2 is 2.37 bits per heavy atom. The standard InChI is InChI=1S/C14H22N2O2S/c1-3-11-7-12(15-14(17)18-4-2)9-16(8-11)13-5-6-19-10-13/h5-6,10-12H,3-4,7-9H2,1-2H3,(H,15,17). The van der Waals surface area contributed by atoms with Crippen LogP contribution in [0.2, 0.25) is 0 Å². The number of nitrogens with zero attached hydrogens (tertiary/aromatic N) is 1. The van der Waals surface area contributed by atoms with E-state index in [1.54, 1.807) is 11.3 Å². The fourth-order valence-corrected chi connectivity index (χ4v) is 3.26. The van der Waals surface area contributed by atoms with Crippen LogP contribution >= 0.6 is 11.3 Å². The van der Waals surface area contributed by atoms with Crippen LogP contribution < -0.4 is 10.2 Å². The number of piperidine rings is 1. The molecule has 1 aromatic rings. The average Bonchev–Trinajstić information content (AvgIpc) is 2.92. The summed E-state index contributed by atoms with van der Waals surface area (Å²) >= 11 is 1.71. The van der Waals surface area contributed by atoms with Crippen molar-refractivity contribution in [3.05, 3.63) is 16.8 Å². The summed E-state index contributed by atoms with van der Waals surface area (Å²) in [6.07, 6.45) is 1.88. The highest BCUT2D eigenvalue weighted by Crippen LogP contribution is 2.26. The van der Waals surface area contributed by atoms with Gasteiger partial charge in [-0.1, -0.05) is 13.3 Å². The smallest absolute Gasteiger partial charge is 0.407 e. The van der Waals surface area contributed by atoms with E-state index >= 15 is 0 Å². The van der Waals surface area contributed by atoms with Gasteiger partial charge in [-0.25, -0.2) is 4.79 Å². The SMILES string of the molecule is CCOC(=O)NC1CC(CC)CN(c2ccsc2)C1. The molecular weight excluding hydrogens is 260 g/mol. The van der Waals surface area contributed by atoms with E-state index in [2.05, 4.69) is 34.0 Å². The molecule has 2 rings (SSSR count). The molecule has 5 heteroatoms. The van der Waals surface area contributed by atoms with Gasteiger partial charge in [0.05, 0.1) is 12.6 Å². The third kappa shape index (κ3) is 3.86. The number of hydrogen-bond donors (Lipinski definition) is 1. The topological polar surface area (TPSA) is 41.6 Å². The first-order chi connectivity index (χ1) is 9.22. The van der Waals surface area contributed by atoms with Crippen LogP contribution in [0.5, 0.6) is 0 Å². The number of alkyl carbamates (subject to hydrolysis) is 1. The van der Waals surface area contributed by atoms with Crippen LogP contribution in [0.25, 0.3) is 0 Å². The van der Waals surface area contributed by atoms with Crippen LogP contribution in [0.1, 0.15) is 26.7 Å². The molecule has 1 fully saturated rings. The fourth-order valence-electron chi connectivity index (χ4n) is 2.59. The quantitative estimate of drug-likeness (QED) is 0.922. The van der Waals surface area contributed by atoms with Crippen molar-refractivity contribution >= 4 is 23.1 Å². The molecule has 4 nitrogen and oxygen atoms in total. The molecule has 2 heterocycles. The Bertz CT molecular complexity index is 394. The van der Waals surface area contributed by atoms with Gasteiger partial charge in [-0.3, -0.25) is 0 Å². The van der Waals surface area contributed by atoms with Gasteiger partial charge in [0, 0.05) is 24.2 Å². The lowest BCUT2D eigenvalue weighted by molar-refractivity contribution is 0.144. The second-order valence-electron chi connectivity index (χ2n) is 4.96. The highest BCUT2D eigenvalue weighted by Gasteiger charge is 2.27. The molecule has 0 aliphatic carbocycles. The zero-order chi connectivity index (χ0) is 13.7. The van der Waals surface area contributed by atoms with Gasteiger partial charge in [0.15, 0.2) is 0 Å². The Balaban J connectivity index is 1.98. The van der Waals surface area contributed by atoms with Crippen molar-refractivity contribution in [3.63, 3.8) is 0 Å². The maximum absolute atomic E-state index is 11.5. The molecule has 1 aromatic heterocycles. The van der Waals surface area contributed by atoms with Crippen LogP contribution in [0, 0.1) is 5.92 Å². The van der Waals surface area contributed by atoms with Crippen molar-refractivity contribution in [3.8, 4) is 0 Å². The van der Waals surface area contributed by atoms with Crippen LogP contribution in [0.15, 0.2) is 16.8 Å². The highest BCUT2D eigenvalue weighted by molar-refractivity contribution is 7.08. The van der Waals surface area contributed by atoms with Crippen molar-refractivity contribution in [2.45, 2.75) is 32.7 Å². The molecule has 0 aromatic carbocycles. The van der Waals surface area contributed by atoms with Crippen molar-refractivity contribution in [1.29, 1.82) is 0 Å². The number of amides is 1. The highest BCUT2D eigenvalue weighted by atomic mass is 32.1. The predicted octanol–water partition coefficient (Wildman–Crippen LogP) is 3.10. The van der Waals surface area contributed by atoms with Crippen LogP contribution in [0.3, 0.4) is 0 Å². The molecule has 0 bridgehead atoms. The normalized spacial score (nSPS) is 23.2. The summed E-state index contributed by atoms with van der Waals surface area (Å²) in [7, 11) is 0. The summed E-state index contributed by atoms with van der Waals surface area (Å²) in [5, 5.41) is 7.24. The summed E-state index contributed by atoms with van der Waals surface area (Å²) in [6.45, 7) is 6.40. The van der Waals surface area contributed by atoms with Crippen LogP contribution in [0.4, 0.5) is 10.5 Å². The Kier molecular flexibility index (Phi) is 5.07. The van der Waals surface area contributed by atoms with Gasteiger partial charge in [-0.2, -0.15) is 11.3 Å². The molecule has 1 saturated heterocycles. The minimum absolute atomic E-state index is 0.178. The molecule has 19 heavy (non-hydrogen) atoms. The van der Waals surface area contributed by atoms with Crippen LogP contribution in [-0.2, 0) is 4.74 Å². The number of nitrogens with one attached hydrogen (secondary N) is 1. The van der Waals surface area contributed by atoms with E-state index in [-0.39, 0.29) is 12.1 Å². The molecule has 106 valence electrons. The number of thiophene rings is 1. The number of anilines is 1.